The maximum absolute atomic E-state index is 12.6. The van der Waals surface area contributed by atoms with Crippen LogP contribution in [0.25, 0.3) is 0 Å². The minimum atomic E-state index is 0.258. The third-order valence-corrected chi connectivity index (χ3v) is 5.66. The first-order chi connectivity index (χ1) is 14.3. The van der Waals surface area contributed by atoms with E-state index in [1.165, 1.54) is 5.56 Å². The first-order valence-corrected chi connectivity index (χ1v) is 10.5. The Morgan fingerprint density at radius 2 is 1.72 bits per heavy atom. The van der Waals surface area contributed by atoms with E-state index in [0.717, 1.165) is 76.8 Å². The molecule has 0 radical (unpaired) electrons. The number of aromatic nitrogens is 2. The van der Waals surface area contributed by atoms with E-state index >= 15 is 0 Å². The summed E-state index contributed by atoms with van der Waals surface area (Å²) >= 11 is 0. The van der Waals surface area contributed by atoms with Gasteiger partial charge in [0.15, 0.2) is 5.82 Å². The van der Waals surface area contributed by atoms with Crippen molar-refractivity contribution in [2.45, 2.75) is 19.3 Å². The van der Waals surface area contributed by atoms with Crippen molar-refractivity contribution >= 4 is 17.4 Å². The van der Waals surface area contributed by atoms with Gasteiger partial charge < -0.3 is 19.4 Å². The number of ether oxygens (including phenoxy) is 1. The number of hydrogen-bond acceptors (Lipinski definition) is 6. The lowest BCUT2D eigenvalue weighted by Gasteiger charge is -2.36. The van der Waals surface area contributed by atoms with Gasteiger partial charge >= 0.3 is 0 Å². The molecule has 4 rings (SSSR count). The number of rotatable bonds is 6. The van der Waals surface area contributed by atoms with Crippen LogP contribution in [-0.2, 0) is 16.0 Å². The van der Waals surface area contributed by atoms with E-state index in [4.69, 9.17) is 4.74 Å². The number of piperazine rings is 1. The molecule has 1 aromatic carbocycles. The van der Waals surface area contributed by atoms with E-state index in [1.54, 1.807) is 0 Å². The molecule has 1 amide bonds. The molecular formula is C22H29N5O2. The molecule has 0 N–H and O–H groups in total. The highest BCUT2D eigenvalue weighted by Gasteiger charge is 2.22. The van der Waals surface area contributed by atoms with Crippen molar-refractivity contribution in [1.82, 2.24) is 15.1 Å². The smallest absolute Gasteiger partial charge is 0.222 e. The molecule has 0 atom stereocenters. The molecule has 0 spiro atoms. The highest BCUT2D eigenvalue weighted by Crippen LogP contribution is 2.21. The molecule has 2 aromatic rings. The van der Waals surface area contributed by atoms with Gasteiger partial charge in [-0.2, -0.15) is 5.10 Å². The highest BCUT2D eigenvalue weighted by molar-refractivity contribution is 5.76. The molecule has 0 aliphatic carbocycles. The van der Waals surface area contributed by atoms with E-state index in [0.29, 0.717) is 6.42 Å². The first-order valence-electron chi connectivity index (χ1n) is 10.5. The molecule has 154 valence electrons. The number of hydrogen-bond donors (Lipinski definition) is 0. The Labute approximate surface area is 172 Å². The zero-order valence-corrected chi connectivity index (χ0v) is 16.9. The second kappa shape index (κ2) is 9.69. The molecule has 0 saturated carbocycles. The standard InChI is InChI=1S/C22H29N5O2/c28-22(8-4-7-19-5-2-1-3-6-19)27-11-9-26(10-12-27)21-17-20(18-23-24-21)25-13-15-29-16-14-25/h1-3,5-6,17-18H,4,7-16H2. The summed E-state index contributed by atoms with van der Waals surface area (Å²) < 4.78 is 5.43. The molecule has 29 heavy (non-hydrogen) atoms. The van der Waals surface area contributed by atoms with Crippen molar-refractivity contribution in [3.05, 3.63) is 48.2 Å². The number of nitrogens with zero attached hydrogens (tertiary/aromatic N) is 5. The number of anilines is 2. The lowest BCUT2D eigenvalue weighted by molar-refractivity contribution is -0.131. The van der Waals surface area contributed by atoms with Crippen LogP contribution in [0.2, 0.25) is 0 Å². The molecule has 0 bridgehead atoms. The van der Waals surface area contributed by atoms with Crippen molar-refractivity contribution in [2.75, 3.05) is 62.3 Å². The second-order valence-electron chi connectivity index (χ2n) is 7.58. The van der Waals surface area contributed by atoms with Crippen LogP contribution in [0.3, 0.4) is 0 Å². The number of benzene rings is 1. The fourth-order valence-electron chi connectivity index (χ4n) is 3.93. The Morgan fingerprint density at radius 1 is 0.966 bits per heavy atom. The summed E-state index contributed by atoms with van der Waals surface area (Å²) in [6, 6.07) is 12.5. The van der Waals surface area contributed by atoms with E-state index in [9.17, 15) is 4.79 Å². The van der Waals surface area contributed by atoms with Crippen molar-refractivity contribution in [3.63, 3.8) is 0 Å². The third-order valence-electron chi connectivity index (χ3n) is 5.66. The van der Waals surface area contributed by atoms with E-state index in [1.807, 2.05) is 29.3 Å². The molecule has 3 heterocycles. The van der Waals surface area contributed by atoms with Gasteiger partial charge in [0.05, 0.1) is 25.1 Å². The predicted octanol–water partition coefficient (Wildman–Crippen LogP) is 1.98. The predicted molar refractivity (Wildman–Crippen MR) is 113 cm³/mol. The molecule has 2 aliphatic rings. The van der Waals surface area contributed by atoms with Crippen LogP contribution in [0.4, 0.5) is 11.5 Å². The van der Waals surface area contributed by atoms with Crippen molar-refractivity contribution in [3.8, 4) is 0 Å². The van der Waals surface area contributed by atoms with Crippen molar-refractivity contribution in [1.29, 1.82) is 0 Å². The van der Waals surface area contributed by atoms with Crippen LogP contribution < -0.4 is 9.80 Å². The minimum Gasteiger partial charge on any atom is -0.378 e. The summed E-state index contributed by atoms with van der Waals surface area (Å²) in [7, 11) is 0. The van der Waals surface area contributed by atoms with E-state index < -0.39 is 0 Å². The molecule has 2 fully saturated rings. The van der Waals surface area contributed by atoms with Crippen LogP contribution >= 0.6 is 0 Å². The van der Waals surface area contributed by atoms with Gasteiger partial charge in [-0.3, -0.25) is 4.79 Å². The second-order valence-corrected chi connectivity index (χ2v) is 7.58. The Hall–Kier alpha value is -2.67. The van der Waals surface area contributed by atoms with E-state index in [2.05, 4.69) is 38.2 Å². The van der Waals surface area contributed by atoms with Crippen LogP contribution in [0.15, 0.2) is 42.6 Å². The molecule has 2 saturated heterocycles. The van der Waals surface area contributed by atoms with Gasteiger partial charge in [0.1, 0.15) is 0 Å². The summed E-state index contributed by atoms with van der Waals surface area (Å²) in [5, 5.41) is 8.53. The van der Waals surface area contributed by atoms with Crippen LogP contribution in [0, 0.1) is 0 Å². The topological polar surface area (TPSA) is 61.8 Å². The lowest BCUT2D eigenvalue weighted by Crippen LogP contribution is -2.49. The quantitative estimate of drug-likeness (QED) is 0.745. The van der Waals surface area contributed by atoms with Gasteiger partial charge in [-0.1, -0.05) is 30.3 Å². The third kappa shape index (κ3) is 5.23. The van der Waals surface area contributed by atoms with Crippen LogP contribution in [-0.4, -0.2) is 73.5 Å². The summed E-state index contributed by atoms with van der Waals surface area (Å²) in [4.78, 5) is 19.1. The van der Waals surface area contributed by atoms with Crippen LogP contribution in [0.5, 0.6) is 0 Å². The summed E-state index contributed by atoms with van der Waals surface area (Å²) in [5.74, 6) is 1.15. The maximum Gasteiger partial charge on any atom is 0.222 e. The molecule has 1 aromatic heterocycles. The largest absolute Gasteiger partial charge is 0.378 e. The minimum absolute atomic E-state index is 0.258. The average Bonchev–Trinajstić information content (AvgIpc) is 2.80. The zero-order chi connectivity index (χ0) is 19.9. The van der Waals surface area contributed by atoms with Gasteiger partial charge in [-0.25, -0.2) is 0 Å². The van der Waals surface area contributed by atoms with Gasteiger partial charge in [0.25, 0.3) is 0 Å². The summed E-state index contributed by atoms with van der Waals surface area (Å²) in [6.07, 6.45) is 4.29. The zero-order valence-electron chi connectivity index (χ0n) is 16.9. The van der Waals surface area contributed by atoms with Gasteiger partial charge in [-0.15, -0.1) is 5.10 Å². The van der Waals surface area contributed by atoms with Gasteiger partial charge in [0, 0.05) is 51.8 Å². The summed E-state index contributed by atoms with van der Waals surface area (Å²) in [6.45, 7) is 6.36. The lowest BCUT2D eigenvalue weighted by atomic mass is 10.1. The molecule has 0 unspecified atom stereocenters. The Morgan fingerprint density at radius 3 is 2.48 bits per heavy atom. The molecule has 2 aliphatic heterocycles. The van der Waals surface area contributed by atoms with Gasteiger partial charge in [-0.05, 0) is 18.4 Å². The van der Waals surface area contributed by atoms with Crippen molar-refractivity contribution < 1.29 is 9.53 Å². The fraction of sp³-hybridized carbons (Fsp3) is 0.500. The SMILES string of the molecule is O=C(CCCc1ccccc1)N1CCN(c2cc(N3CCOCC3)cnn2)CC1. The maximum atomic E-state index is 12.6. The molecule has 7 nitrogen and oxygen atoms in total. The number of amides is 1. The number of morpholine rings is 1. The molecular weight excluding hydrogens is 366 g/mol. The van der Waals surface area contributed by atoms with Gasteiger partial charge in [0.2, 0.25) is 5.91 Å². The van der Waals surface area contributed by atoms with Crippen LogP contribution in [0.1, 0.15) is 18.4 Å². The normalized spacial score (nSPS) is 17.4. The number of carbonyl (C=O) groups excluding carboxylic acids is 1. The monoisotopic (exact) mass is 395 g/mol. The number of aryl methyl sites for hydroxylation is 1. The Kier molecular flexibility index (Phi) is 6.56. The summed E-state index contributed by atoms with van der Waals surface area (Å²) in [5.41, 5.74) is 2.39. The first kappa shape index (κ1) is 19.6. The highest BCUT2D eigenvalue weighted by atomic mass is 16.5. The Balaban J connectivity index is 1.25. The van der Waals surface area contributed by atoms with Crippen molar-refractivity contribution in [2.24, 2.45) is 0 Å². The molecule has 7 heteroatoms. The van der Waals surface area contributed by atoms with E-state index in [-0.39, 0.29) is 5.91 Å². The average molecular weight is 396 g/mol. The fourth-order valence-corrected chi connectivity index (χ4v) is 3.93. The Bertz CT molecular complexity index is 787. The number of carbonyl (C=O) groups is 1.